The first-order chi connectivity index (χ1) is 27.3. The van der Waals surface area contributed by atoms with Crippen molar-refractivity contribution in [2.45, 2.75) is 0 Å². The minimum Gasteiger partial charge on any atom is -0.378 e. The highest BCUT2D eigenvalue weighted by Crippen LogP contribution is 2.31. The number of benzene rings is 6. The van der Waals surface area contributed by atoms with Crippen molar-refractivity contribution in [1.82, 2.24) is 9.97 Å². The van der Waals surface area contributed by atoms with Crippen LogP contribution in [0.15, 0.2) is 146 Å². The quantitative estimate of drug-likeness (QED) is 0.159. The zero-order valence-corrected chi connectivity index (χ0v) is 31.5. The molecule has 1 heterocycles. The number of hydrogen-bond acceptors (Lipinski definition) is 6. The van der Waals surface area contributed by atoms with Gasteiger partial charge in [0.1, 0.15) is 12.1 Å². The van der Waals surface area contributed by atoms with Gasteiger partial charge in [0.2, 0.25) is 0 Å². The van der Waals surface area contributed by atoms with Gasteiger partial charge in [-0.1, -0.05) is 96.5 Å². The van der Waals surface area contributed by atoms with Crippen LogP contribution in [-0.2, 0) is 0 Å². The van der Waals surface area contributed by atoms with Gasteiger partial charge in [-0.15, -0.1) is 0 Å². The van der Waals surface area contributed by atoms with Gasteiger partial charge in [-0.3, -0.25) is 0 Å². The lowest BCUT2D eigenvalue weighted by atomic mass is 10.0. The van der Waals surface area contributed by atoms with Crippen molar-refractivity contribution >= 4 is 11.4 Å². The molecule has 0 bridgehead atoms. The van der Waals surface area contributed by atoms with Crippen molar-refractivity contribution in [3.8, 4) is 80.6 Å². The van der Waals surface area contributed by atoms with E-state index in [0.29, 0.717) is 11.4 Å². The molecule has 0 saturated heterocycles. The van der Waals surface area contributed by atoms with Gasteiger partial charge in [0.15, 0.2) is 11.4 Å². The van der Waals surface area contributed by atoms with Gasteiger partial charge in [0, 0.05) is 72.9 Å². The maximum atomic E-state index is 9.77. The van der Waals surface area contributed by atoms with Crippen LogP contribution in [0.4, 0.5) is 11.4 Å². The Balaban J connectivity index is 1.08. The fourth-order valence-electron chi connectivity index (χ4n) is 6.10. The molecule has 0 spiro atoms. The number of hydrogen-bond donors (Lipinski definition) is 0. The highest BCUT2D eigenvalue weighted by molar-refractivity contribution is 5.79. The Morgan fingerprint density at radius 2 is 0.571 bits per heavy atom. The topological polar surface area (TPSA) is 79.8 Å². The second-order valence-corrected chi connectivity index (χ2v) is 13.5. The first-order valence-electron chi connectivity index (χ1n) is 18.0. The van der Waals surface area contributed by atoms with Gasteiger partial charge in [-0.25, -0.2) is 9.97 Å². The molecular weight excluding hydrogens is 685 g/mol. The number of aromatic nitrogens is 2. The monoisotopic (exact) mass is 720 g/mol. The Hall–Kier alpha value is -7.90. The maximum absolute atomic E-state index is 9.77. The van der Waals surface area contributed by atoms with E-state index in [2.05, 4.69) is 116 Å². The average molecular weight is 721 g/mol. The van der Waals surface area contributed by atoms with E-state index in [1.807, 2.05) is 113 Å². The Labute approximate surface area is 328 Å². The molecule has 0 atom stereocenters. The molecule has 0 N–H and O–H groups in total. The van der Waals surface area contributed by atoms with Crippen LogP contribution in [0.3, 0.4) is 0 Å². The van der Waals surface area contributed by atoms with Crippen molar-refractivity contribution < 1.29 is 0 Å². The van der Waals surface area contributed by atoms with E-state index in [-0.39, 0.29) is 11.4 Å². The van der Waals surface area contributed by atoms with E-state index in [1.54, 1.807) is 0 Å². The third-order valence-corrected chi connectivity index (χ3v) is 9.33. The van der Waals surface area contributed by atoms with E-state index in [9.17, 15) is 10.5 Å². The van der Waals surface area contributed by atoms with E-state index in [1.165, 1.54) is 0 Å². The standard InChI is InChI=1S/C50H36N6/c1-55(2)45-29-25-41(26-30-45)39-17-9-35(10-18-39)5-7-37-13-21-43(22-14-37)49-50(54-48(34-52)47(33-51)53-49)44-23-15-38(16-24-44)8-6-36-11-19-40(20-12-36)42-27-31-46(32-28-42)56(3)4/h9-32H,1-4H3. The van der Waals surface area contributed by atoms with Crippen molar-refractivity contribution in [1.29, 1.82) is 10.5 Å². The zero-order chi connectivity index (χ0) is 39.0. The fourth-order valence-corrected chi connectivity index (χ4v) is 6.10. The number of anilines is 2. The SMILES string of the molecule is CN(C)c1ccc(-c2ccc(C#Cc3ccc(-c4nc(C#N)c(C#N)nc4-c4ccc(C#Cc5ccc(-c6ccc(N(C)C)cc6)cc5)cc4)cc3)cc2)cc1. The van der Waals surface area contributed by atoms with Gasteiger partial charge in [-0.05, 0) is 95.1 Å². The molecule has 6 nitrogen and oxygen atoms in total. The molecule has 266 valence electrons. The largest absolute Gasteiger partial charge is 0.378 e. The minimum atomic E-state index is -0.0220. The molecule has 6 aromatic carbocycles. The summed E-state index contributed by atoms with van der Waals surface area (Å²) in [6, 6.07) is 52.8. The summed E-state index contributed by atoms with van der Waals surface area (Å²) in [4.78, 5) is 13.4. The summed E-state index contributed by atoms with van der Waals surface area (Å²) < 4.78 is 0. The Bertz CT molecular complexity index is 2520. The van der Waals surface area contributed by atoms with Crippen molar-refractivity contribution in [3.05, 3.63) is 179 Å². The van der Waals surface area contributed by atoms with E-state index in [0.717, 1.165) is 67.0 Å². The average Bonchev–Trinajstić information content (AvgIpc) is 3.25. The third-order valence-electron chi connectivity index (χ3n) is 9.33. The molecule has 1 aromatic heterocycles. The first-order valence-corrected chi connectivity index (χ1v) is 18.0. The smallest absolute Gasteiger partial charge is 0.177 e. The molecular formula is C50H36N6. The first kappa shape index (κ1) is 36.5. The van der Waals surface area contributed by atoms with Crippen LogP contribution in [0, 0.1) is 46.3 Å². The summed E-state index contributed by atoms with van der Waals surface area (Å²) in [6.45, 7) is 0. The van der Waals surface area contributed by atoms with Gasteiger partial charge < -0.3 is 9.80 Å². The number of nitriles is 2. The summed E-state index contributed by atoms with van der Waals surface area (Å²) in [6.07, 6.45) is 0. The van der Waals surface area contributed by atoms with E-state index < -0.39 is 0 Å². The lowest BCUT2D eigenvalue weighted by Crippen LogP contribution is -2.07. The van der Waals surface area contributed by atoms with Gasteiger partial charge in [-0.2, -0.15) is 10.5 Å². The Morgan fingerprint density at radius 3 is 0.804 bits per heavy atom. The van der Waals surface area contributed by atoms with E-state index >= 15 is 0 Å². The molecule has 0 saturated carbocycles. The number of rotatable bonds is 6. The zero-order valence-electron chi connectivity index (χ0n) is 31.5. The minimum absolute atomic E-state index is 0.0220. The second-order valence-electron chi connectivity index (χ2n) is 13.5. The molecule has 0 fully saturated rings. The summed E-state index contributed by atoms with van der Waals surface area (Å²) in [5.41, 5.74) is 12.8. The molecule has 0 aliphatic carbocycles. The van der Waals surface area contributed by atoms with Crippen LogP contribution < -0.4 is 9.80 Å². The van der Waals surface area contributed by atoms with Crippen LogP contribution in [0.5, 0.6) is 0 Å². The third kappa shape index (κ3) is 8.33. The lowest BCUT2D eigenvalue weighted by Gasteiger charge is -2.12. The van der Waals surface area contributed by atoms with E-state index in [4.69, 9.17) is 0 Å². The highest BCUT2D eigenvalue weighted by atomic mass is 15.1. The summed E-state index contributed by atoms with van der Waals surface area (Å²) >= 11 is 0. The molecule has 0 aliphatic heterocycles. The van der Waals surface area contributed by atoms with Crippen molar-refractivity contribution in [2.75, 3.05) is 38.0 Å². The van der Waals surface area contributed by atoms with Crippen LogP contribution in [0.1, 0.15) is 33.6 Å². The summed E-state index contributed by atoms with van der Waals surface area (Å²) in [5, 5.41) is 19.5. The normalized spacial score (nSPS) is 10.2. The second kappa shape index (κ2) is 16.4. The number of nitrogens with zero attached hydrogens (tertiary/aromatic N) is 6. The molecule has 0 unspecified atom stereocenters. The maximum Gasteiger partial charge on any atom is 0.177 e. The fraction of sp³-hybridized carbons (Fsp3) is 0.0800. The van der Waals surface area contributed by atoms with Crippen LogP contribution in [0.2, 0.25) is 0 Å². The summed E-state index contributed by atoms with van der Waals surface area (Å²) in [5.74, 6) is 13.0. The van der Waals surface area contributed by atoms with Crippen LogP contribution >= 0.6 is 0 Å². The van der Waals surface area contributed by atoms with Gasteiger partial charge in [0.05, 0.1) is 11.4 Å². The Kier molecular flexibility index (Phi) is 10.7. The van der Waals surface area contributed by atoms with Gasteiger partial charge in [0.25, 0.3) is 0 Å². The molecule has 0 amide bonds. The van der Waals surface area contributed by atoms with Crippen LogP contribution in [0.25, 0.3) is 44.8 Å². The highest BCUT2D eigenvalue weighted by Gasteiger charge is 2.17. The molecule has 0 radical (unpaired) electrons. The predicted molar refractivity (Wildman–Crippen MR) is 227 cm³/mol. The Morgan fingerprint density at radius 1 is 0.339 bits per heavy atom. The summed E-state index contributed by atoms with van der Waals surface area (Å²) in [7, 11) is 8.13. The van der Waals surface area contributed by atoms with Crippen molar-refractivity contribution in [3.63, 3.8) is 0 Å². The molecule has 6 heteroatoms. The van der Waals surface area contributed by atoms with Gasteiger partial charge >= 0.3 is 0 Å². The predicted octanol–water partition coefficient (Wildman–Crippen LogP) is 9.82. The molecule has 7 aromatic rings. The molecule has 7 rings (SSSR count). The molecule has 0 aliphatic rings. The van der Waals surface area contributed by atoms with Crippen molar-refractivity contribution in [2.24, 2.45) is 0 Å². The lowest BCUT2D eigenvalue weighted by molar-refractivity contribution is 1.13. The molecule has 56 heavy (non-hydrogen) atoms. The van der Waals surface area contributed by atoms with Crippen LogP contribution in [-0.4, -0.2) is 38.2 Å².